The van der Waals surface area contributed by atoms with Gasteiger partial charge in [0.05, 0.1) is 5.69 Å². The van der Waals surface area contributed by atoms with Gasteiger partial charge in [-0.2, -0.15) is 0 Å². The molecule has 1 unspecified atom stereocenters. The third-order valence-electron chi connectivity index (χ3n) is 4.48. The molecule has 0 saturated carbocycles. The summed E-state index contributed by atoms with van der Waals surface area (Å²) in [6, 6.07) is 8.46. The van der Waals surface area contributed by atoms with E-state index in [0.717, 1.165) is 15.6 Å². The lowest BCUT2D eigenvalue weighted by Crippen LogP contribution is -2.54. The van der Waals surface area contributed by atoms with Crippen molar-refractivity contribution in [2.24, 2.45) is 11.7 Å². The number of amides is 1. The Kier molecular flexibility index (Phi) is 6.59. The van der Waals surface area contributed by atoms with Crippen molar-refractivity contribution < 1.29 is 9.53 Å². The van der Waals surface area contributed by atoms with Crippen molar-refractivity contribution in [1.29, 1.82) is 0 Å². The number of ether oxygens (including phenoxy) is 1. The van der Waals surface area contributed by atoms with Crippen LogP contribution >= 0.6 is 35.0 Å². The molecule has 10 heteroatoms. The topological polar surface area (TPSA) is 100 Å². The second-order valence-electron chi connectivity index (χ2n) is 7.33. The second kappa shape index (κ2) is 8.83. The number of benzene rings is 1. The largest absolute Gasteiger partial charge is 0.445 e. The molecule has 0 spiro atoms. The third kappa shape index (κ3) is 4.88. The highest BCUT2D eigenvalue weighted by molar-refractivity contribution is 8.03. The molecule has 1 aromatic carbocycles. The summed E-state index contributed by atoms with van der Waals surface area (Å²) >= 11 is 13.9. The van der Waals surface area contributed by atoms with Crippen LogP contribution in [0.3, 0.4) is 0 Å². The Labute approximate surface area is 188 Å². The maximum absolute atomic E-state index is 11.6. The zero-order valence-electron chi connectivity index (χ0n) is 16.7. The Morgan fingerprint density at radius 1 is 1.27 bits per heavy atom. The van der Waals surface area contributed by atoms with Crippen LogP contribution in [0.5, 0.6) is 0 Å². The monoisotopic (exact) mass is 468 g/mol. The summed E-state index contributed by atoms with van der Waals surface area (Å²) in [5, 5.41) is 5.40. The van der Waals surface area contributed by atoms with Gasteiger partial charge >= 0.3 is 6.09 Å². The van der Waals surface area contributed by atoms with Gasteiger partial charge < -0.3 is 25.7 Å². The first kappa shape index (κ1) is 22.4. The number of H-pyrrole nitrogens is 1. The van der Waals surface area contributed by atoms with Gasteiger partial charge in [-0.25, -0.2) is 4.79 Å². The zero-order valence-corrected chi connectivity index (χ0v) is 19.0. The number of nitrogens with zero attached hydrogens (tertiary/aromatic N) is 1. The van der Waals surface area contributed by atoms with E-state index >= 15 is 0 Å². The summed E-state index contributed by atoms with van der Waals surface area (Å²) in [6.07, 6.45) is 0.745. The van der Waals surface area contributed by atoms with Crippen molar-refractivity contribution in [3.63, 3.8) is 0 Å². The molecule has 4 N–H and O–H groups in total. The quantitative estimate of drug-likeness (QED) is 0.575. The average Bonchev–Trinajstić information content (AvgIpc) is 2.93. The summed E-state index contributed by atoms with van der Waals surface area (Å²) in [6.45, 7) is 5.99. The van der Waals surface area contributed by atoms with E-state index in [0.29, 0.717) is 15.7 Å². The Balaban J connectivity index is 2.11. The molecule has 1 amide bonds. The predicted molar refractivity (Wildman–Crippen MR) is 121 cm³/mol. The molecule has 0 aliphatic carbocycles. The van der Waals surface area contributed by atoms with Crippen LogP contribution in [-0.2, 0) is 4.74 Å². The molecule has 160 valence electrons. The van der Waals surface area contributed by atoms with Gasteiger partial charge in [-0.15, -0.1) is 0 Å². The van der Waals surface area contributed by atoms with Crippen LogP contribution < -0.4 is 21.5 Å². The van der Waals surface area contributed by atoms with Crippen molar-refractivity contribution in [2.75, 3.05) is 11.5 Å². The summed E-state index contributed by atoms with van der Waals surface area (Å²) in [7, 11) is 0. The summed E-state index contributed by atoms with van der Waals surface area (Å²) in [5.74, 6) is 0.128. The molecule has 0 radical (unpaired) electrons. The van der Waals surface area contributed by atoms with Crippen LogP contribution in [0.2, 0.25) is 10.0 Å². The van der Waals surface area contributed by atoms with E-state index in [1.165, 1.54) is 17.8 Å². The van der Waals surface area contributed by atoms with Gasteiger partial charge in [0.2, 0.25) is 5.56 Å². The van der Waals surface area contributed by atoms with Crippen molar-refractivity contribution in [2.45, 2.75) is 31.3 Å². The third-order valence-corrected chi connectivity index (χ3v) is 5.98. The van der Waals surface area contributed by atoms with Gasteiger partial charge in [-0.3, -0.25) is 4.79 Å². The number of rotatable bonds is 6. The van der Waals surface area contributed by atoms with E-state index in [4.69, 9.17) is 33.7 Å². The molecule has 0 bridgehead atoms. The number of halogens is 2. The molecular formula is C20H22Cl2N4O3S. The number of nitrogens with two attached hydrogens (primary N) is 1. The Morgan fingerprint density at radius 3 is 2.47 bits per heavy atom. The standard InChI is InChI=1S/C20H22Cl2N4O3S/c1-11(2)17-18(30-15-7-12(21)6-13(22)8-15)26(14-4-5-16(27)24-9-14)20(3,25-17)10-29-19(23)28/h4-9,11,25H,10H2,1-3H3,(H2,23,28)(H,24,27). The minimum atomic E-state index is -0.867. The van der Waals surface area contributed by atoms with Crippen LogP contribution in [0.1, 0.15) is 20.8 Å². The van der Waals surface area contributed by atoms with Crippen molar-refractivity contribution in [3.05, 3.63) is 67.7 Å². The number of primary amides is 1. The van der Waals surface area contributed by atoms with Crippen LogP contribution in [-0.4, -0.2) is 23.3 Å². The molecule has 1 aliphatic heterocycles. The average molecular weight is 469 g/mol. The number of aromatic nitrogens is 1. The minimum Gasteiger partial charge on any atom is -0.445 e. The fourth-order valence-electron chi connectivity index (χ4n) is 3.19. The van der Waals surface area contributed by atoms with Gasteiger partial charge in [0.15, 0.2) is 0 Å². The first-order chi connectivity index (χ1) is 14.1. The summed E-state index contributed by atoms with van der Waals surface area (Å²) in [5.41, 5.74) is 5.82. The molecule has 2 aromatic rings. The fourth-order valence-corrected chi connectivity index (χ4v) is 5.24. The smallest absolute Gasteiger partial charge is 0.404 e. The molecule has 0 fully saturated rings. The van der Waals surface area contributed by atoms with Crippen LogP contribution in [0.25, 0.3) is 0 Å². The second-order valence-corrected chi connectivity index (χ2v) is 9.27. The van der Waals surface area contributed by atoms with Gasteiger partial charge in [0.1, 0.15) is 17.3 Å². The molecular weight excluding hydrogens is 447 g/mol. The van der Waals surface area contributed by atoms with E-state index in [9.17, 15) is 9.59 Å². The van der Waals surface area contributed by atoms with E-state index in [2.05, 4.69) is 24.1 Å². The number of pyridine rings is 1. The predicted octanol–water partition coefficient (Wildman–Crippen LogP) is 4.52. The number of carbonyl (C=O) groups excluding carboxylic acids is 1. The fraction of sp³-hybridized carbons (Fsp3) is 0.300. The lowest BCUT2D eigenvalue weighted by Gasteiger charge is -2.37. The number of aromatic amines is 1. The normalized spacial score (nSPS) is 18.7. The number of carbonyl (C=O) groups is 1. The number of hydrogen-bond acceptors (Lipinski definition) is 6. The zero-order chi connectivity index (χ0) is 22.1. The van der Waals surface area contributed by atoms with Gasteiger partial charge in [-0.1, -0.05) is 48.8 Å². The molecule has 2 heterocycles. The maximum atomic E-state index is 11.6. The number of allylic oxidation sites excluding steroid dienone is 1. The highest BCUT2D eigenvalue weighted by Gasteiger charge is 2.44. The van der Waals surface area contributed by atoms with Crippen LogP contribution in [0.15, 0.2) is 56.9 Å². The van der Waals surface area contributed by atoms with Crippen LogP contribution in [0.4, 0.5) is 10.5 Å². The van der Waals surface area contributed by atoms with Crippen LogP contribution in [0, 0.1) is 5.92 Å². The van der Waals surface area contributed by atoms with E-state index < -0.39 is 11.8 Å². The van der Waals surface area contributed by atoms with Crippen molar-refractivity contribution in [1.82, 2.24) is 10.3 Å². The van der Waals surface area contributed by atoms with Crippen molar-refractivity contribution >= 4 is 46.7 Å². The van der Waals surface area contributed by atoms with E-state index in [1.54, 1.807) is 18.3 Å². The summed E-state index contributed by atoms with van der Waals surface area (Å²) in [4.78, 5) is 28.4. The number of hydrogen-bond donors (Lipinski definition) is 3. The lowest BCUT2D eigenvalue weighted by atomic mass is 10.1. The first-order valence-electron chi connectivity index (χ1n) is 9.16. The Bertz CT molecular complexity index is 1020. The highest BCUT2D eigenvalue weighted by Crippen LogP contribution is 2.45. The van der Waals surface area contributed by atoms with E-state index in [-0.39, 0.29) is 18.1 Å². The minimum absolute atomic E-state index is 0.0158. The van der Waals surface area contributed by atoms with Gasteiger partial charge in [-0.05, 0) is 37.1 Å². The molecule has 1 atom stereocenters. The molecule has 7 nitrogen and oxygen atoms in total. The molecule has 30 heavy (non-hydrogen) atoms. The lowest BCUT2D eigenvalue weighted by molar-refractivity contribution is 0.124. The van der Waals surface area contributed by atoms with Gasteiger partial charge in [0, 0.05) is 32.9 Å². The highest BCUT2D eigenvalue weighted by atomic mass is 35.5. The molecule has 0 saturated heterocycles. The Hall–Kier alpha value is -2.29. The van der Waals surface area contributed by atoms with Crippen molar-refractivity contribution in [3.8, 4) is 0 Å². The van der Waals surface area contributed by atoms with Gasteiger partial charge in [0.25, 0.3) is 0 Å². The Morgan fingerprint density at radius 2 is 1.93 bits per heavy atom. The molecule has 1 aromatic heterocycles. The number of nitrogens with one attached hydrogen (secondary N) is 2. The summed E-state index contributed by atoms with van der Waals surface area (Å²) < 4.78 is 5.15. The number of anilines is 1. The SMILES string of the molecule is CC(C)C1=C(Sc2cc(Cl)cc(Cl)c2)N(c2ccc(=O)[nH]c2)C(C)(COC(N)=O)N1. The number of thioether (sulfide) groups is 1. The molecule has 3 rings (SSSR count). The molecule has 1 aliphatic rings. The maximum Gasteiger partial charge on any atom is 0.404 e. The van der Waals surface area contributed by atoms with E-state index in [1.807, 2.05) is 24.0 Å². The first-order valence-corrected chi connectivity index (χ1v) is 10.7.